The average Bonchev–Trinajstić information content (AvgIpc) is 2.24. The SMILES string of the molecule is CN1CCCC(C(=O)O)C1CNC(=O)OC(C)(C)C. The van der Waals surface area contributed by atoms with E-state index in [1.54, 1.807) is 20.8 Å². The summed E-state index contributed by atoms with van der Waals surface area (Å²) in [6.07, 6.45) is 1.02. The van der Waals surface area contributed by atoms with Crippen LogP contribution >= 0.6 is 0 Å². The molecule has 110 valence electrons. The first-order chi connectivity index (χ1) is 8.70. The molecule has 2 atom stereocenters. The highest BCUT2D eigenvalue weighted by molar-refractivity contribution is 5.71. The van der Waals surface area contributed by atoms with Gasteiger partial charge in [0.15, 0.2) is 0 Å². The van der Waals surface area contributed by atoms with Gasteiger partial charge in [-0.05, 0) is 47.2 Å². The molecule has 1 aliphatic heterocycles. The van der Waals surface area contributed by atoms with Crippen LogP contribution in [0.25, 0.3) is 0 Å². The lowest BCUT2D eigenvalue weighted by Gasteiger charge is -2.37. The molecule has 1 heterocycles. The lowest BCUT2D eigenvalue weighted by atomic mass is 9.89. The summed E-state index contributed by atoms with van der Waals surface area (Å²) in [6, 6.07) is -0.182. The number of nitrogens with one attached hydrogen (secondary N) is 1. The third kappa shape index (κ3) is 5.06. The van der Waals surface area contributed by atoms with Crippen molar-refractivity contribution in [3.8, 4) is 0 Å². The summed E-state index contributed by atoms with van der Waals surface area (Å²) >= 11 is 0. The van der Waals surface area contributed by atoms with Crippen molar-refractivity contribution < 1.29 is 19.4 Å². The number of aliphatic carboxylic acids is 1. The summed E-state index contributed by atoms with van der Waals surface area (Å²) in [6.45, 7) is 6.52. The Bertz CT molecular complexity index is 338. The number of rotatable bonds is 3. The van der Waals surface area contributed by atoms with E-state index in [4.69, 9.17) is 4.74 Å². The molecule has 0 aromatic heterocycles. The zero-order valence-electron chi connectivity index (χ0n) is 12.1. The van der Waals surface area contributed by atoms with Gasteiger partial charge in [-0.3, -0.25) is 4.79 Å². The van der Waals surface area contributed by atoms with Gasteiger partial charge in [0, 0.05) is 12.6 Å². The lowest BCUT2D eigenvalue weighted by Crippen LogP contribution is -2.52. The van der Waals surface area contributed by atoms with Gasteiger partial charge in [-0.2, -0.15) is 0 Å². The van der Waals surface area contributed by atoms with E-state index in [2.05, 4.69) is 5.32 Å². The van der Waals surface area contributed by atoms with Gasteiger partial charge >= 0.3 is 12.1 Å². The second-order valence-electron chi connectivity index (χ2n) is 6.02. The summed E-state index contributed by atoms with van der Waals surface area (Å²) in [5.41, 5.74) is -0.547. The van der Waals surface area contributed by atoms with Crippen LogP contribution in [-0.4, -0.2) is 53.8 Å². The number of amides is 1. The van der Waals surface area contributed by atoms with Crippen molar-refractivity contribution in [3.05, 3.63) is 0 Å². The monoisotopic (exact) mass is 272 g/mol. The molecular formula is C13H24N2O4. The highest BCUT2D eigenvalue weighted by Gasteiger charge is 2.34. The molecule has 1 rings (SSSR count). The number of hydrogen-bond donors (Lipinski definition) is 2. The number of ether oxygens (including phenoxy) is 1. The van der Waals surface area contributed by atoms with E-state index in [1.165, 1.54) is 0 Å². The van der Waals surface area contributed by atoms with Gasteiger partial charge in [-0.25, -0.2) is 4.79 Å². The van der Waals surface area contributed by atoms with Crippen LogP contribution in [0.4, 0.5) is 4.79 Å². The van der Waals surface area contributed by atoms with Crippen LogP contribution in [0.15, 0.2) is 0 Å². The third-order valence-electron chi connectivity index (χ3n) is 3.23. The largest absolute Gasteiger partial charge is 0.481 e. The highest BCUT2D eigenvalue weighted by atomic mass is 16.6. The van der Waals surface area contributed by atoms with Crippen LogP contribution in [0.5, 0.6) is 0 Å². The number of carboxylic acid groups (broad SMARTS) is 1. The maximum absolute atomic E-state index is 11.6. The maximum Gasteiger partial charge on any atom is 0.407 e. The molecule has 0 aromatic carbocycles. The fraction of sp³-hybridized carbons (Fsp3) is 0.846. The van der Waals surface area contributed by atoms with Gasteiger partial charge in [0.1, 0.15) is 5.60 Å². The van der Waals surface area contributed by atoms with Gasteiger partial charge in [-0.1, -0.05) is 0 Å². The Balaban J connectivity index is 2.53. The van der Waals surface area contributed by atoms with Crippen LogP contribution in [0, 0.1) is 5.92 Å². The van der Waals surface area contributed by atoms with Crippen molar-refractivity contribution in [2.24, 2.45) is 5.92 Å². The zero-order chi connectivity index (χ0) is 14.6. The van der Waals surface area contributed by atoms with Crippen molar-refractivity contribution in [2.45, 2.75) is 45.3 Å². The van der Waals surface area contributed by atoms with Crippen molar-refractivity contribution in [1.29, 1.82) is 0 Å². The molecule has 2 unspecified atom stereocenters. The lowest BCUT2D eigenvalue weighted by molar-refractivity contribution is -0.145. The minimum absolute atomic E-state index is 0.182. The summed E-state index contributed by atoms with van der Waals surface area (Å²) in [7, 11) is 1.89. The number of likely N-dealkylation sites (tertiary alicyclic amines) is 1. The molecule has 0 bridgehead atoms. The molecule has 1 amide bonds. The first kappa shape index (κ1) is 15.8. The van der Waals surface area contributed by atoms with Crippen molar-refractivity contribution in [1.82, 2.24) is 10.2 Å². The fourth-order valence-corrected chi connectivity index (χ4v) is 2.31. The van der Waals surface area contributed by atoms with Crippen LogP contribution in [0.3, 0.4) is 0 Å². The zero-order valence-corrected chi connectivity index (χ0v) is 12.1. The number of likely N-dealkylation sites (N-methyl/N-ethyl adjacent to an activating group) is 1. The van der Waals surface area contributed by atoms with Crippen LogP contribution in [-0.2, 0) is 9.53 Å². The van der Waals surface area contributed by atoms with E-state index in [1.807, 2.05) is 11.9 Å². The van der Waals surface area contributed by atoms with Crippen LogP contribution in [0.2, 0.25) is 0 Å². The number of alkyl carbamates (subject to hydrolysis) is 1. The number of piperidine rings is 1. The number of nitrogens with zero attached hydrogens (tertiary/aromatic N) is 1. The fourth-order valence-electron chi connectivity index (χ4n) is 2.31. The quantitative estimate of drug-likeness (QED) is 0.809. The normalized spacial score (nSPS) is 24.8. The van der Waals surface area contributed by atoms with Crippen molar-refractivity contribution in [2.75, 3.05) is 20.1 Å². The van der Waals surface area contributed by atoms with Crippen molar-refractivity contribution >= 4 is 12.1 Å². The van der Waals surface area contributed by atoms with Gasteiger partial charge in [0.2, 0.25) is 0 Å². The van der Waals surface area contributed by atoms with E-state index < -0.39 is 23.6 Å². The Morgan fingerprint density at radius 3 is 2.58 bits per heavy atom. The molecule has 0 aromatic rings. The summed E-state index contributed by atoms with van der Waals surface area (Å²) in [5.74, 6) is -1.24. The molecule has 0 saturated carbocycles. The molecular weight excluding hydrogens is 248 g/mol. The Morgan fingerprint density at radius 1 is 1.42 bits per heavy atom. The first-order valence-corrected chi connectivity index (χ1v) is 6.60. The molecule has 6 heteroatoms. The number of hydrogen-bond acceptors (Lipinski definition) is 4. The van der Waals surface area contributed by atoms with E-state index >= 15 is 0 Å². The molecule has 0 spiro atoms. The van der Waals surface area contributed by atoms with Gasteiger partial charge in [-0.15, -0.1) is 0 Å². The van der Waals surface area contributed by atoms with E-state index in [0.29, 0.717) is 13.0 Å². The first-order valence-electron chi connectivity index (χ1n) is 6.60. The molecule has 1 saturated heterocycles. The summed E-state index contributed by atoms with van der Waals surface area (Å²) < 4.78 is 5.14. The van der Waals surface area contributed by atoms with Gasteiger partial charge in [0.05, 0.1) is 5.92 Å². The third-order valence-corrected chi connectivity index (χ3v) is 3.23. The topological polar surface area (TPSA) is 78.9 Å². The molecule has 1 fully saturated rings. The second-order valence-corrected chi connectivity index (χ2v) is 6.02. The predicted molar refractivity (Wildman–Crippen MR) is 71.0 cm³/mol. The molecule has 2 N–H and O–H groups in total. The number of carboxylic acids is 1. The molecule has 1 aliphatic rings. The number of carbonyl (C=O) groups is 2. The van der Waals surface area contributed by atoms with Gasteiger partial charge < -0.3 is 20.1 Å². The standard InChI is InChI=1S/C13H24N2O4/c1-13(2,3)19-12(18)14-8-10-9(11(16)17)6-5-7-15(10)4/h9-10H,5-8H2,1-4H3,(H,14,18)(H,16,17). The van der Waals surface area contributed by atoms with Crippen LogP contribution in [0.1, 0.15) is 33.6 Å². The second kappa shape index (κ2) is 6.23. The molecule has 19 heavy (non-hydrogen) atoms. The Labute approximate surface area is 114 Å². The van der Waals surface area contributed by atoms with E-state index in [-0.39, 0.29) is 6.04 Å². The molecule has 6 nitrogen and oxygen atoms in total. The molecule has 0 aliphatic carbocycles. The Kier molecular flexibility index (Phi) is 5.17. The minimum atomic E-state index is -0.803. The number of carbonyl (C=O) groups excluding carboxylic acids is 1. The summed E-state index contributed by atoms with van der Waals surface area (Å²) in [5, 5.41) is 11.9. The molecule has 0 radical (unpaired) electrons. The smallest absolute Gasteiger partial charge is 0.407 e. The maximum atomic E-state index is 11.6. The van der Waals surface area contributed by atoms with Crippen molar-refractivity contribution in [3.63, 3.8) is 0 Å². The summed E-state index contributed by atoms with van der Waals surface area (Å²) in [4.78, 5) is 24.8. The van der Waals surface area contributed by atoms with E-state index in [9.17, 15) is 14.7 Å². The van der Waals surface area contributed by atoms with Crippen LogP contribution < -0.4 is 5.32 Å². The predicted octanol–water partition coefficient (Wildman–Crippen LogP) is 1.31. The minimum Gasteiger partial charge on any atom is -0.481 e. The Morgan fingerprint density at radius 2 is 2.05 bits per heavy atom. The Hall–Kier alpha value is -1.30. The van der Waals surface area contributed by atoms with E-state index in [0.717, 1.165) is 13.0 Å². The highest BCUT2D eigenvalue weighted by Crippen LogP contribution is 2.22. The average molecular weight is 272 g/mol. The van der Waals surface area contributed by atoms with Gasteiger partial charge in [0.25, 0.3) is 0 Å².